The molecule has 0 spiro atoms. The average molecular weight is 624 g/mol. The molecule has 1 aliphatic heterocycles. The van der Waals surface area contributed by atoms with Gasteiger partial charge in [0.15, 0.2) is 0 Å². The van der Waals surface area contributed by atoms with Crippen LogP contribution in [-0.2, 0) is 16.6 Å². The van der Waals surface area contributed by atoms with Crippen molar-refractivity contribution in [3.8, 4) is 5.75 Å². The van der Waals surface area contributed by atoms with E-state index >= 15 is 0 Å². The molecular formula is C35H30ClN3O4S. The van der Waals surface area contributed by atoms with Crippen LogP contribution in [0, 0.1) is 6.92 Å². The van der Waals surface area contributed by atoms with Crippen LogP contribution in [0.1, 0.15) is 33.2 Å². The molecule has 0 aromatic heterocycles. The largest absolute Gasteiger partial charge is 0.497 e. The van der Waals surface area contributed by atoms with Crippen molar-refractivity contribution in [1.82, 2.24) is 0 Å². The Balaban J connectivity index is 1.50. The maximum atomic E-state index is 14.5. The highest BCUT2D eigenvalue weighted by Crippen LogP contribution is 2.43. The van der Waals surface area contributed by atoms with Crippen molar-refractivity contribution in [2.45, 2.75) is 24.5 Å². The molecule has 44 heavy (non-hydrogen) atoms. The summed E-state index contributed by atoms with van der Waals surface area (Å²) in [6, 6.07) is 36.4. The number of fused-ring (bicyclic) bond motifs is 1. The van der Waals surface area contributed by atoms with Gasteiger partial charge in [-0.3, -0.25) is 14.4 Å². The number of nitrogens with one attached hydrogen (secondary N) is 1. The minimum absolute atomic E-state index is 0.0230. The monoisotopic (exact) mass is 623 g/mol. The summed E-state index contributed by atoms with van der Waals surface area (Å²) in [7, 11) is -2.48. The molecule has 0 saturated heterocycles. The number of rotatable bonds is 8. The number of carbonyl (C=O) groups excluding carboxylic acids is 1. The van der Waals surface area contributed by atoms with Crippen molar-refractivity contribution < 1.29 is 17.9 Å². The standard InChI is InChI=1S/C35H30ClN3O4S/c1-24-11-15-29(16-12-24)39-34(26-9-6-10-27(36)21-26)38(23-25-7-4-3-5-8-25)33-20-19-31(22-32(33)35(39)40)44(41,42)37-28-13-17-30(43-2)18-14-28/h3-22,34,37H,23H2,1-2H3/t34-/m1/s1. The highest BCUT2D eigenvalue weighted by Gasteiger charge is 2.40. The topological polar surface area (TPSA) is 78.9 Å². The summed E-state index contributed by atoms with van der Waals surface area (Å²) < 4.78 is 34.9. The molecule has 0 fully saturated rings. The third-order valence-corrected chi connectivity index (χ3v) is 9.19. The summed E-state index contributed by atoms with van der Waals surface area (Å²) >= 11 is 6.47. The van der Waals surface area contributed by atoms with Crippen molar-refractivity contribution >= 4 is 44.6 Å². The highest BCUT2D eigenvalue weighted by atomic mass is 35.5. The lowest BCUT2D eigenvalue weighted by Crippen LogP contribution is -2.49. The van der Waals surface area contributed by atoms with Crippen LogP contribution < -0.4 is 19.3 Å². The van der Waals surface area contributed by atoms with Gasteiger partial charge in [0, 0.05) is 22.9 Å². The lowest BCUT2D eigenvalue weighted by molar-refractivity contribution is 0.0968. The maximum absolute atomic E-state index is 14.5. The van der Waals surface area contributed by atoms with Gasteiger partial charge >= 0.3 is 0 Å². The predicted molar refractivity (Wildman–Crippen MR) is 175 cm³/mol. The number of anilines is 3. The van der Waals surface area contributed by atoms with Crippen molar-refractivity contribution in [2.75, 3.05) is 21.6 Å². The Morgan fingerprint density at radius 3 is 2.25 bits per heavy atom. The van der Waals surface area contributed by atoms with Gasteiger partial charge in [0.05, 0.1) is 23.3 Å². The Labute approximate surface area is 262 Å². The van der Waals surface area contributed by atoms with E-state index < -0.39 is 16.2 Å². The summed E-state index contributed by atoms with van der Waals surface area (Å²) in [5.41, 5.74) is 4.86. The number of methoxy groups -OCH3 is 1. The van der Waals surface area contributed by atoms with Gasteiger partial charge in [-0.2, -0.15) is 0 Å². The summed E-state index contributed by atoms with van der Waals surface area (Å²) in [5, 5.41) is 0.551. The van der Waals surface area contributed by atoms with E-state index in [1.807, 2.05) is 79.7 Å². The summed E-state index contributed by atoms with van der Waals surface area (Å²) in [6.07, 6.45) is -0.559. The van der Waals surface area contributed by atoms with Crippen LogP contribution in [0.5, 0.6) is 5.75 Å². The highest BCUT2D eigenvalue weighted by molar-refractivity contribution is 7.92. The van der Waals surface area contributed by atoms with Crippen LogP contribution in [0.2, 0.25) is 5.02 Å². The lowest BCUT2D eigenvalue weighted by Gasteiger charge is -2.46. The van der Waals surface area contributed by atoms with Crippen LogP contribution in [0.3, 0.4) is 0 Å². The number of hydrogen-bond acceptors (Lipinski definition) is 5. The van der Waals surface area contributed by atoms with Gasteiger partial charge in [0.1, 0.15) is 11.9 Å². The molecule has 9 heteroatoms. The molecule has 0 bridgehead atoms. The van der Waals surface area contributed by atoms with Gasteiger partial charge in [0.2, 0.25) is 0 Å². The minimum atomic E-state index is -4.02. The zero-order chi connectivity index (χ0) is 30.8. The number of carbonyl (C=O) groups is 1. The number of ether oxygens (including phenoxy) is 1. The molecule has 1 aliphatic rings. The zero-order valence-corrected chi connectivity index (χ0v) is 25.7. The van der Waals surface area contributed by atoms with Gasteiger partial charge < -0.3 is 9.64 Å². The Kier molecular flexibility index (Phi) is 8.03. The van der Waals surface area contributed by atoms with Gasteiger partial charge in [0.25, 0.3) is 15.9 Å². The molecule has 0 radical (unpaired) electrons. The molecule has 6 rings (SSSR count). The molecular weight excluding hydrogens is 594 g/mol. The second kappa shape index (κ2) is 12.1. The Bertz CT molecular complexity index is 1910. The van der Waals surface area contributed by atoms with E-state index in [-0.39, 0.29) is 16.4 Å². The number of halogens is 1. The molecule has 1 N–H and O–H groups in total. The molecule has 0 saturated carbocycles. The van der Waals surface area contributed by atoms with Crippen LogP contribution >= 0.6 is 11.6 Å². The Hall–Kier alpha value is -4.79. The van der Waals surface area contributed by atoms with E-state index in [2.05, 4.69) is 9.62 Å². The first-order chi connectivity index (χ1) is 21.2. The average Bonchev–Trinajstić information content (AvgIpc) is 3.03. The third-order valence-electron chi connectivity index (χ3n) is 7.57. The third kappa shape index (κ3) is 5.86. The molecule has 0 aliphatic carbocycles. The fraction of sp³-hybridized carbons (Fsp3) is 0.114. The first-order valence-corrected chi connectivity index (χ1v) is 15.9. The molecule has 1 amide bonds. The quantitative estimate of drug-likeness (QED) is 0.191. The van der Waals surface area contributed by atoms with Gasteiger partial charge in [-0.15, -0.1) is 0 Å². The zero-order valence-electron chi connectivity index (χ0n) is 24.1. The number of hydrogen-bond donors (Lipinski definition) is 1. The van der Waals surface area contributed by atoms with Crippen molar-refractivity contribution in [2.24, 2.45) is 0 Å². The van der Waals surface area contributed by atoms with Crippen LogP contribution in [-0.4, -0.2) is 21.4 Å². The molecule has 222 valence electrons. The van der Waals surface area contributed by atoms with Gasteiger partial charge in [-0.1, -0.05) is 71.8 Å². The van der Waals surface area contributed by atoms with E-state index in [0.717, 1.165) is 16.7 Å². The van der Waals surface area contributed by atoms with Crippen LogP contribution in [0.4, 0.5) is 17.1 Å². The maximum Gasteiger partial charge on any atom is 0.262 e. The first-order valence-electron chi connectivity index (χ1n) is 14.0. The van der Waals surface area contributed by atoms with E-state index in [1.165, 1.54) is 12.1 Å². The van der Waals surface area contributed by atoms with E-state index in [0.29, 0.717) is 34.4 Å². The first kappa shape index (κ1) is 29.3. The smallest absolute Gasteiger partial charge is 0.262 e. The SMILES string of the molecule is COc1ccc(NS(=O)(=O)c2ccc3c(c2)C(=O)N(c2ccc(C)cc2)[C@H](c2cccc(Cl)c2)N3Cc2ccccc2)cc1. The lowest BCUT2D eigenvalue weighted by atomic mass is 9.99. The van der Waals surface area contributed by atoms with Crippen LogP contribution in [0.25, 0.3) is 0 Å². The molecule has 7 nitrogen and oxygen atoms in total. The molecule has 5 aromatic rings. The number of aryl methyl sites for hydroxylation is 1. The molecule has 1 heterocycles. The normalized spacial score (nSPS) is 14.7. The Morgan fingerprint density at radius 1 is 0.841 bits per heavy atom. The van der Waals surface area contributed by atoms with E-state index in [4.69, 9.17) is 16.3 Å². The summed E-state index contributed by atoms with van der Waals surface area (Å²) in [5.74, 6) is 0.288. The van der Waals surface area contributed by atoms with Gasteiger partial charge in [-0.25, -0.2) is 8.42 Å². The Morgan fingerprint density at radius 2 is 1.57 bits per heavy atom. The van der Waals surface area contributed by atoms with E-state index in [1.54, 1.807) is 48.4 Å². The van der Waals surface area contributed by atoms with Crippen LogP contribution in [0.15, 0.2) is 126 Å². The fourth-order valence-corrected chi connectivity index (χ4v) is 6.68. The number of amides is 1. The number of nitrogens with zero attached hydrogens (tertiary/aromatic N) is 2. The molecule has 0 unspecified atom stereocenters. The van der Waals surface area contributed by atoms with Crippen molar-refractivity contribution in [3.05, 3.63) is 149 Å². The van der Waals surface area contributed by atoms with E-state index in [9.17, 15) is 13.2 Å². The second-order valence-electron chi connectivity index (χ2n) is 10.6. The minimum Gasteiger partial charge on any atom is -0.497 e. The second-order valence-corrected chi connectivity index (χ2v) is 12.7. The van der Waals surface area contributed by atoms with Crippen molar-refractivity contribution in [1.29, 1.82) is 0 Å². The summed E-state index contributed by atoms with van der Waals surface area (Å²) in [6.45, 7) is 2.44. The predicted octanol–water partition coefficient (Wildman–Crippen LogP) is 7.82. The molecule has 5 aromatic carbocycles. The van der Waals surface area contributed by atoms with Gasteiger partial charge in [-0.05, 0) is 84.8 Å². The number of benzene rings is 5. The molecule has 1 atom stereocenters. The number of sulfonamides is 1. The summed E-state index contributed by atoms with van der Waals surface area (Å²) in [4.78, 5) is 18.3. The fourth-order valence-electron chi connectivity index (χ4n) is 5.40. The van der Waals surface area contributed by atoms with Crippen molar-refractivity contribution in [3.63, 3.8) is 0 Å².